The van der Waals surface area contributed by atoms with E-state index in [0.717, 1.165) is 35.9 Å². The Labute approximate surface area is 116 Å². The summed E-state index contributed by atoms with van der Waals surface area (Å²) in [5, 5.41) is 0.772. The van der Waals surface area contributed by atoms with Crippen LogP contribution in [0.3, 0.4) is 0 Å². The van der Waals surface area contributed by atoms with Crippen LogP contribution in [0.1, 0.15) is 43.0 Å². The van der Waals surface area contributed by atoms with E-state index in [4.69, 9.17) is 5.84 Å². The molecule has 3 rings (SSSR count). The topological polar surface area (TPSA) is 60.9 Å². The third kappa shape index (κ3) is 1.96. The number of nitrogens with two attached hydrogens (primary N) is 1. The van der Waals surface area contributed by atoms with Gasteiger partial charge < -0.3 is 5.84 Å². The summed E-state index contributed by atoms with van der Waals surface area (Å²) < 4.78 is 1.25. The summed E-state index contributed by atoms with van der Waals surface area (Å²) in [7, 11) is 0. The maximum atomic E-state index is 12.5. The van der Waals surface area contributed by atoms with Gasteiger partial charge in [0.25, 0.3) is 5.56 Å². The minimum atomic E-state index is -0.0694. The van der Waals surface area contributed by atoms with Crippen LogP contribution in [-0.2, 0) is 19.3 Å². The predicted octanol–water partition coefficient (Wildman–Crippen LogP) is 2.25. The summed E-state index contributed by atoms with van der Waals surface area (Å²) in [6.07, 6.45) is 4.96. The highest BCUT2D eigenvalue weighted by atomic mass is 32.1. The van der Waals surface area contributed by atoms with Gasteiger partial charge in [0.05, 0.1) is 5.39 Å². The average molecular weight is 277 g/mol. The molecule has 2 aromatic rings. The van der Waals surface area contributed by atoms with Crippen LogP contribution in [-0.4, -0.2) is 9.66 Å². The Kier molecular flexibility index (Phi) is 3.09. The number of nitrogen functional groups attached to an aromatic ring is 1. The van der Waals surface area contributed by atoms with Gasteiger partial charge in [-0.05, 0) is 37.2 Å². The van der Waals surface area contributed by atoms with Crippen molar-refractivity contribution in [2.75, 3.05) is 5.84 Å². The molecule has 0 saturated carbocycles. The van der Waals surface area contributed by atoms with E-state index in [1.165, 1.54) is 21.5 Å². The summed E-state index contributed by atoms with van der Waals surface area (Å²) >= 11 is 1.68. The highest BCUT2D eigenvalue weighted by Gasteiger charge is 2.24. The second kappa shape index (κ2) is 4.63. The first-order valence-electron chi connectivity index (χ1n) is 6.93. The second-order valence-electron chi connectivity index (χ2n) is 5.49. The normalized spacial score (nSPS) is 18.7. The van der Waals surface area contributed by atoms with Gasteiger partial charge in [-0.3, -0.25) is 4.79 Å². The number of aromatic nitrogens is 2. The lowest BCUT2D eigenvalue weighted by Gasteiger charge is -2.17. The van der Waals surface area contributed by atoms with Crippen molar-refractivity contribution >= 4 is 21.6 Å². The Morgan fingerprint density at radius 3 is 3.05 bits per heavy atom. The van der Waals surface area contributed by atoms with Crippen molar-refractivity contribution in [3.63, 3.8) is 0 Å². The second-order valence-corrected chi connectivity index (χ2v) is 6.57. The maximum absolute atomic E-state index is 12.5. The smallest absolute Gasteiger partial charge is 0.280 e. The zero-order valence-corrected chi connectivity index (χ0v) is 12.2. The first-order valence-corrected chi connectivity index (χ1v) is 7.74. The Morgan fingerprint density at radius 1 is 1.53 bits per heavy atom. The lowest BCUT2D eigenvalue weighted by molar-refractivity contribution is 0.508. The fourth-order valence-electron chi connectivity index (χ4n) is 2.85. The molecule has 102 valence electrons. The molecule has 4 nitrogen and oxygen atoms in total. The maximum Gasteiger partial charge on any atom is 0.280 e. The number of rotatable bonds is 2. The third-order valence-electron chi connectivity index (χ3n) is 3.90. The number of thiophene rings is 1. The van der Waals surface area contributed by atoms with Crippen molar-refractivity contribution in [3.05, 3.63) is 26.6 Å². The van der Waals surface area contributed by atoms with Gasteiger partial charge >= 0.3 is 0 Å². The predicted molar refractivity (Wildman–Crippen MR) is 79.2 cm³/mol. The van der Waals surface area contributed by atoms with E-state index < -0.39 is 0 Å². The van der Waals surface area contributed by atoms with Gasteiger partial charge in [-0.1, -0.05) is 13.8 Å². The van der Waals surface area contributed by atoms with Crippen LogP contribution in [0.2, 0.25) is 0 Å². The highest BCUT2D eigenvalue weighted by molar-refractivity contribution is 7.18. The molecule has 19 heavy (non-hydrogen) atoms. The molecule has 0 aliphatic heterocycles. The Bertz CT molecular complexity index is 686. The molecule has 2 aromatic heterocycles. The van der Waals surface area contributed by atoms with E-state index in [1.807, 2.05) is 0 Å². The van der Waals surface area contributed by atoms with Crippen molar-refractivity contribution in [1.29, 1.82) is 0 Å². The van der Waals surface area contributed by atoms with Gasteiger partial charge in [0.1, 0.15) is 10.7 Å². The number of aryl methyl sites for hydroxylation is 2. The lowest BCUT2D eigenvalue weighted by atomic mass is 9.89. The Hall–Kier alpha value is -1.36. The quantitative estimate of drug-likeness (QED) is 0.856. The van der Waals surface area contributed by atoms with Crippen molar-refractivity contribution in [3.8, 4) is 0 Å². The molecule has 0 amide bonds. The van der Waals surface area contributed by atoms with Crippen molar-refractivity contribution < 1.29 is 0 Å². The zero-order valence-electron chi connectivity index (χ0n) is 11.4. The molecule has 0 saturated heterocycles. The third-order valence-corrected chi connectivity index (χ3v) is 5.09. The molecule has 0 unspecified atom stereocenters. The standard InChI is InChI=1S/C14H19N3OS/c1-3-4-11-16-13-12(14(18)17(11)15)9-7-8(2)5-6-10(9)19-13/h8H,3-7,15H2,1-2H3/t8-/m0/s1. The average Bonchev–Trinajstić information content (AvgIpc) is 2.73. The highest BCUT2D eigenvalue weighted by Crippen LogP contribution is 2.35. The van der Waals surface area contributed by atoms with Crippen LogP contribution in [0.5, 0.6) is 0 Å². The van der Waals surface area contributed by atoms with Crippen LogP contribution >= 0.6 is 11.3 Å². The van der Waals surface area contributed by atoms with E-state index in [-0.39, 0.29) is 5.56 Å². The Balaban J connectivity index is 2.27. The number of hydrogen-bond acceptors (Lipinski definition) is 4. The summed E-state index contributed by atoms with van der Waals surface area (Å²) in [5.74, 6) is 7.25. The molecular formula is C14H19N3OS. The summed E-state index contributed by atoms with van der Waals surface area (Å²) in [5.41, 5.74) is 1.14. The molecule has 1 aliphatic rings. The van der Waals surface area contributed by atoms with Gasteiger partial charge in [0, 0.05) is 11.3 Å². The minimum Gasteiger partial charge on any atom is -0.335 e. The van der Waals surface area contributed by atoms with Gasteiger partial charge in [0.15, 0.2) is 0 Å². The van der Waals surface area contributed by atoms with Crippen molar-refractivity contribution in [2.45, 2.75) is 46.0 Å². The molecule has 2 heterocycles. The Morgan fingerprint density at radius 2 is 2.32 bits per heavy atom. The van der Waals surface area contributed by atoms with Crippen molar-refractivity contribution in [1.82, 2.24) is 9.66 Å². The molecule has 1 aliphatic carbocycles. The van der Waals surface area contributed by atoms with E-state index in [9.17, 15) is 4.79 Å². The molecule has 0 bridgehead atoms. The van der Waals surface area contributed by atoms with Gasteiger partial charge in [-0.2, -0.15) is 0 Å². The molecule has 1 atom stereocenters. The van der Waals surface area contributed by atoms with Crippen LogP contribution in [0, 0.1) is 5.92 Å². The van der Waals surface area contributed by atoms with Gasteiger partial charge in [0.2, 0.25) is 0 Å². The first kappa shape index (κ1) is 12.7. The summed E-state index contributed by atoms with van der Waals surface area (Å²) in [6, 6.07) is 0. The molecule has 2 N–H and O–H groups in total. The molecule has 5 heteroatoms. The van der Waals surface area contributed by atoms with E-state index in [2.05, 4.69) is 18.8 Å². The number of nitrogens with zero attached hydrogens (tertiary/aromatic N) is 2. The van der Waals surface area contributed by atoms with Crippen LogP contribution in [0.4, 0.5) is 0 Å². The SMILES string of the molecule is CCCc1nc2sc3c(c2c(=O)n1N)C[C@@H](C)CC3. The van der Waals surface area contributed by atoms with Gasteiger partial charge in [-0.25, -0.2) is 9.66 Å². The molecule has 0 aromatic carbocycles. The monoisotopic (exact) mass is 277 g/mol. The van der Waals surface area contributed by atoms with E-state index >= 15 is 0 Å². The van der Waals surface area contributed by atoms with Crippen LogP contribution in [0.15, 0.2) is 4.79 Å². The van der Waals surface area contributed by atoms with Crippen LogP contribution in [0.25, 0.3) is 10.2 Å². The number of hydrogen-bond donors (Lipinski definition) is 1. The molecule has 0 fully saturated rings. The largest absolute Gasteiger partial charge is 0.335 e. The number of fused-ring (bicyclic) bond motifs is 3. The van der Waals surface area contributed by atoms with E-state index in [1.54, 1.807) is 11.3 Å². The first-order chi connectivity index (χ1) is 9.11. The fraction of sp³-hybridized carbons (Fsp3) is 0.571. The minimum absolute atomic E-state index is 0.0694. The zero-order chi connectivity index (χ0) is 13.6. The summed E-state index contributed by atoms with van der Waals surface area (Å²) in [4.78, 5) is 19.3. The molecule has 0 radical (unpaired) electrons. The van der Waals surface area contributed by atoms with Gasteiger partial charge in [-0.15, -0.1) is 11.3 Å². The van der Waals surface area contributed by atoms with Crippen molar-refractivity contribution in [2.24, 2.45) is 5.92 Å². The molecule has 0 spiro atoms. The molecular weight excluding hydrogens is 258 g/mol. The fourth-order valence-corrected chi connectivity index (χ4v) is 4.08. The van der Waals surface area contributed by atoms with E-state index in [0.29, 0.717) is 11.7 Å². The lowest BCUT2D eigenvalue weighted by Crippen LogP contribution is -2.32. The van der Waals surface area contributed by atoms with Crippen LogP contribution < -0.4 is 11.4 Å². The summed E-state index contributed by atoms with van der Waals surface area (Å²) in [6.45, 7) is 4.31.